The van der Waals surface area contributed by atoms with Crippen molar-refractivity contribution < 1.29 is 32.6 Å². The van der Waals surface area contributed by atoms with Crippen molar-refractivity contribution in [1.82, 2.24) is 5.32 Å². The molecular weight excluding hydrogens is 528 g/mol. The Bertz CT molecular complexity index is 1530. The molecular formula is C33H29F2NO5. The van der Waals surface area contributed by atoms with Crippen molar-refractivity contribution >= 4 is 11.7 Å². The van der Waals surface area contributed by atoms with Gasteiger partial charge in [0.2, 0.25) is 11.6 Å². The topological polar surface area (TPSA) is 73.9 Å². The summed E-state index contributed by atoms with van der Waals surface area (Å²) >= 11 is 0. The Morgan fingerprint density at radius 3 is 2.80 bits per heavy atom. The summed E-state index contributed by atoms with van der Waals surface area (Å²) in [5.74, 6) is 5.40. The minimum Gasteiger partial charge on any atom is -0.491 e. The van der Waals surface area contributed by atoms with Gasteiger partial charge in [-0.05, 0) is 66.0 Å². The highest BCUT2D eigenvalue weighted by Crippen LogP contribution is 2.32. The quantitative estimate of drug-likeness (QED) is 0.520. The van der Waals surface area contributed by atoms with E-state index < -0.39 is 23.4 Å². The molecule has 210 valence electrons. The van der Waals surface area contributed by atoms with E-state index >= 15 is 0 Å². The number of hydrogen-bond donors (Lipinski definition) is 1. The van der Waals surface area contributed by atoms with Gasteiger partial charge in [0.1, 0.15) is 35.7 Å². The van der Waals surface area contributed by atoms with E-state index in [1.165, 1.54) is 18.2 Å². The number of Topliss-reactive ketones (excluding diaryl/α,β-unsaturated/α-hetero) is 1. The van der Waals surface area contributed by atoms with Crippen LogP contribution in [0, 0.1) is 23.6 Å². The van der Waals surface area contributed by atoms with Gasteiger partial charge in [-0.25, -0.2) is 8.78 Å². The van der Waals surface area contributed by atoms with Crippen LogP contribution in [0.4, 0.5) is 8.78 Å². The molecule has 2 fully saturated rings. The van der Waals surface area contributed by atoms with Gasteiger partial charge in [0.05, 0.1) is 13.2 Å². The van der Waals surface area contributed by atoms with E-state index in [1.54, 1.807) is 42.5 Å². The number of benzene rings is 1. The number of alkyl halides is 1. The third kappa shape index (κ3) is 6.82. The fourth-order valence-corrected chi connectivity index (χ4v) is 4.59. The summed E-state index contributed by atoms with van der Waals surface area (Å²) in [4.78, 5) is 26.4. The van der Waals surface area contributed by atoms with Crippen LogP contribution in [0.25, 0.3) is 0 Å². The molecule has 2 aliphatic carbocycles. The van der Waals surface area contributed by atoms with Crippen molar-refractivity contribution in [3.63, 3.8) is 0 Å². The van der Waals surface area contributed by atoms with E-state index in [0.29, 0.717) is 40.4 Å². The van der Waals surface area contributed by atoms with Gasteiger partial charge in [-0.3, -0.25) is 9.59 Å². The molecule has 2 atom stereocenters. The smallest absolute Gasteiger partial charge is 0.248 e. The molecule has 0 aromatic heterocycles. The Hall–Kier alpha value is -4.48. The summed E-state index contributed by atoms with van der Waals surface area (Å²) in [7, 11) is 0. The number of halogens is 2. The summed E-state index contributed by atoms with van der Waals surface area (Å²) in [5.41, 5.74) is 0.647. The molecule has 6 nitrogen and oxygen atoms in total. The van der Waals surface area contributed by atoms with Crippen LogP contribution in [0.2, 0.25) is 0 Å². The van der Waals surface area contributed by atoms with Gasteiger partial charge in [-0.15, -0.1) is 0 Å². The van der Waals surface area contributed by atoms with Gasteiger partial charge in [0.15, 0.2) is 5.78 Å². The SMILES string of the molecule is C=C1C=C2C(=CC=C1C#CC1(F)COC1)OC[C@H](NC(=O)C1=CC(Oc3cccc(F)c3)=CC=CC1)C(=O)CC2C. The number of nitrogens with one attached hydrogen (secondary N) is 1. The van der Waals surface area contributed by atoms with Crippen LogP contribution >= 0.6 is 0 Å². The first-order valence-electron chi connectivity index (χ1n) is 13.3. The van der Waals surface area contributed by atoms with Gasteiger partial charge in [0, 0.05) is 23.6 Å². The zero-order valence-electron chi connectivity index (χ0n) is 22.5. The third-order valence-electron chi connectivity index (χ3n) is 6.96. The first-order valence-corrected chi connectivity index (χ1v) is 13.3. The second kappa shape index (κ2) is 11.9. The minimum atomic E-state index is -1.65. The Labute approximate surface area is 237 Å². The molecule has 1 aromatic rings. The van der Waals surface area contributed by atoms with Crippen molar-refractivity contribution in [2.24, 2.45) is 5.92 Å². The van der Waals surface area contributed by atoms with Crippen molar-refractivity contribution in [2.75, 3.05) is 19.8 Å². The molecule has 41 heavy (non-hydrogen) atoms. The highest BCUT2D eigenvalue weighted by Gasteiger charge is 2.37. The highest BCUT2D eigenvalue weighted by molar-refractivity contribution is 5.98. The van der Waals surface area contributed by atoms with Crippen molar-refractivity contribution in [3.8, 4) is 17.6 Å². The molecule has 2 aliphatic heterocycles. The number of amides is 1. The fourth-order valence-electron chi connectivity index (χ4n) is 4.59. The Kier molecular flexibility index (Phi) is 8.18. The van der Waals surface area contributed by atoms with Crippen molar-refractivity contribution in [1.29, 1.82) is 0 Å². The predicted octanol–water partition coefficient (Wildman–Crippen LogP) is 5.13. The Morgan fingerprint density at radius 1 is 1.22 bits per heavy atom. The van der Waals surface area contributed by atoms with Crippen LogP contribution in [0.5, 0.6) is 5.75 Å². The minimum absolute atomic E-state index is 0.0534. The second-order valence-corrected chi connectivity index (χ2v) is 10.3. The molecule has 1 aromatic carbocycles. The summed E-state index contributed by atoms with van der Waals surface area (Å²) in [6, 6.07) is 4.83. The predicted molar refractivity (Wildman–Crippen MR) is 149 cm³/mol. The average Bonchev–Trinajstić information content (AvgIpc) is 3.24. The summed E-state index contributed by atoms with van der Waals surface area (Å²) in [6.07, 6.45) is 12.5. The largest absolute Gasteiger partial charge is 0.491 e. The number of allylic oxidation sites excluding steroid dienone is 10. The third-order valence-corrected chi connectivity index (χ3v) is 6.96. The lowest BCUT2D eigenvalue weighted by atomic mass is 9.89. The van der Waals surface area contributed by atoms with E-state index in [9.17, 15) is 18.4 Å². The maximum absolute atomic E-state index is 14.3. The molecule has 1 N–H and O–H groups in total. The van der Waals surface area contributed by atoms with Crippen molar-refractivity contribution in [3.05, 3.63) is 113 Å². The molecule has 8 heteroatoms. The van der Waals surface area contributed by atoms with Crippen molar-refractivity contribution in [2.45, 2.75) is 31.5 Å². The molecule has 2 saturated heterocycles. The molecule has 4 aliphatic rings. The number of rotatable bonds is 4. The van der Waals surface area contributed by atoms with Crippen LogP contribution in [-0.4, -0.2) is 43.2 Å². The molecule has 1 unspecified atom stereocenters. The van der Waals surface area contributed by atoms with Crippen LogP contribution in [0.3, 0.4) is 0 Å². The lowest BCUT2D eigenvalue weighted by Crippen LogP contribution is -2.46. The summed E-state index contributed by atoms with van der Waals surface area (Å²) in [5, 5.41) is 2.81. The van der Waals surface area contributed by atoms with E-state index in [1.807, 2.05) is 13.0 Å². The maximum Gasteiger partial charge on any atom is 0.248 e. The number of carbonyl (C=O) groups excluding carboxylic acids is 2. The van der Waals surface area contributed by atoms with E-state index in [0.717, 1.165) is 5.57 Å². The van der Waals surface area contributed by atoms with E-state index in [2.05, 4.69) is 23.7 Å². The zero-order chi connectivity index (χ0) is 29.0. The standard InChI is InChI=1S/C33H29F2NO5/c1-21-14-28-22(2)15-30(37)29(18-40-31(28)11-10-23(21)12-13-33(35)19-39-20-33)36-32(38)24-6-3-4-8-26(16-24)41-27-9-5-7-25(34)17-27/h3-5,7-11,14,16-17,22,29H,1,6,15,18-20H2,2H3,(H,36,38)/t22?,29-/m0/s1. The molecule has 2 heterocycles. The molecule has 0 saturated carbocycles. The number of fused-ring (bicyclic) bond motifs is 1. The normalized spacial score (nSPS) is 23.4. The molecule has 0 radical (unpaired) electrons. The molecule has 1 amide bonds. The van der Waals surface area contributed by atoms with Crippen LogP contribution < -0.4 is 10.1 Å². The monoisotopic (exact) mass is 557 g/mol. The van der Waals surface area contributed by atoms with Crippen LogP contribution in [-0.2, 0) is 19.1 Å². The number of hydrogen-bond acceptors (Lipinski definition) is 5. The van der Waals surface area contributed by atoms with E-state index in [4.69, 9.17) is 14.2 Å². The molecule has 5 rings (SSSR count). The molecule has 0 spiro atoms. The van der Waals surface area contributed by atoms with Crippen LogP contribution in [0.1, 0.15) is 19.8 Å². The van der Waals surface area contributed by atoms with E-state index in [-0.39, 0.29) is 37.9 Å². The maximum atomic E-state index is 14.3. The molecule has 0 bridgehead atoms. The van der Waals surface area contributed by atoms with Gasteiger partial charge in [-0.2, -0.15) is 0 Å². The lowest BCUT2D eigenvalue weighted by molar-refractivity contribution is -0.128. The van der Waals surface area contributed by atoms with Gasteiger partial charge in [0.25, 0.3) is 0 Å². The van der Waals surface area contributed by atoms with Gasteiger partial charge < -0.3 is 19.5 Å². The number of ketones is 1. The lowest BCUT2D eigenvalue weighted by Gasteiger charge is -2.28. The fraction of sp³-hybridized carbons (Fsp3) is 0.273. The number of carbonyl (C=O) groups is 2. The zero-order valence-corrected chi connectivity index (χ0v) is 22.5. The summed E-state index contributed by atoms with van der Waals surface area (Å²) in [6.45, 7) is 5.79. The first kappa shape index (κ1) is 28.1. The Balaban J connectivity index is 1.30. The van der Waals surface area contributed by atoms with Gasteiger partial charge >= 0.3 is 0 Å². The summed E-state index contributed by atoms with van der Waals surface area (Å²) < 4.78 is 44.6. The van der Waals surface area contributed by atoms with Gasteiger partial charge in [-0.1, -0.05) is 43.6 Å². The highest BCUT2D eigenvalue weighted by atomic mass is 19.1. The average molecular weight is 558 g/mol. The van der Waals surface area contributed by atoms with Crippen LogP contribution in [0.15, 0.2) is 107 Å². The first-order chi connectivity index (χ1) is 19.7. The second-order valence-electron chi connectivity index (χ2n) is 10.3. The number of ether oxygens (including phenoxy) is 3. The Morgan fingerprint density at radius 2 is 2.05 bits per heavy atom.